The molecule has 0 spiro atoms. The Labute approximate surface area is 127 Å². The lowest BCUT2D eigenvalue weighted by Gasteiger charge is -2.20. The first kappa shape index (κ1) is 15.3. The molecular formula is C15H20BrClFN. The van der Waals surface area contributed by atoms with E-state index in [1.165, 1.54) is 44.6 Å². The van der Waals surface area contributed by atoms with Gasteiger partial charge in [0.15, 0.2) is 0 Å². The van der Waals surface area contributed by atoms with Gasteiger partial charge in [-0.25, -0.2) is 4.39 Å². The standard InChI is InChI=1S/C15H20BrClFN/c16-12-9-14(18)11(8-13(12)17)15(19)7-10-5-3-1-2-4-6-10/h8-10,15H,1-7,19H2. The number of hydrogen-bond acceptors (Lipinski definition) is 1. The summed E-state index contributed by atoms with van der Waals surface area (Å²) in [6.45, 7) is 0. The second-order valence-corrected chi connectivity index (χ2v) is 6.75. The summed E-state index contributed by atoms with van der Waals surface area (Å²) < 4.78 is 14.5. The molecule has 106 valence electrons. The van der Waals surface area contributed by atoms with Crippen LogP contribution in [-0.2, 0) is 0 Å². The van der Waals surface area contributed by atoms with E-state index >= 15 is 0 Å². The molecule has 2 rings (SSSR count). The number of halogens is 3. The molecule has 0 bridgehead atoms. The third-order valence-corrected chi connectivity index (χ3v) is 5.20. The van der Waals surface area contributed by atoms with Crippen LogP contribution >= 0.6 is 27.5 Å². The Balaban J connectivity index is 2.06. The van der Waals surface area contributed by atoms with Gasteiger partial charge in [0.1, 0.15) is 5.82 Å². The van der Waals surface area contributed by atoms with Gasteiger partial charge in [-0.15, -0.1) is 0 Å². The molecule has 0 aliphatic heterocycles. The van der Waals surface area contributed by atoms with Crippen molar-refractivity contribution in [3.63, 3.8) is 0 Å². The summed E-state index contributed by atoms with van der Waals surface area (Å²) in [4.78, 5) is 0. The smallest absolute Gasteiger partial charge is 0.129 e. The van der Waals surface area contributed by atoms with Gasteiger partial charge >= 0.3 is 0 Å². The lowest BCUT2D eigenvalue weighted by molar-refractivity contribution is 0.387. The van der Waals surface area contributed by atoms with E-state index in [1.807, 2.05) is 0 Å². The van der Waals surface area contributed by atoms with Crippen LogP contribution in [0.1, 0.15) is 56.6 Å². The van der Waals surface area contributed by atoms with Crippen LogP contribution in [0.15, 0.2) is 16.6 Å². The number of nitrogens with two attached hydrogens (primary N) is 1. The van der Waals surface area contributed by atoms with Crippen molar-refractivity contribution in [1.82, 2.24) is 0 Å². The molecule has 1 nitrogen and oxygen atoms in total. The van der Waals surface area contributed by atoms with E-state index in [1.54, 1.807) is 6.07 Å². The van der Waals surface area contributed by atoms with Gasteiger partial charge in [-0.05, 0) is 40.4 Å². The fourth-order valence-electron chi connectivity index (χ4n) is 2.91. The second kappa shape index (κ2) is 7.05. The van der Waals surface area contributed by atoms with Crippen LogP contribution in [0.4, 0.5) is 4.39 Å². The molecule has 1 aromatic carbocycles. The molecule has 1 fully saturated rings. The third-order valence-electron chi connectivity index (χ3n) is 4.00. The Morgan fingerprint density at radius 1 is 1.26 bits per heavy atom. The Morgan fingerprint density at radius 3 is 2.53 bits per heavy atom. The molecule has 4 heteroatoms. The van der Waals surface area contributed by atoms with Crippen molar-refractivity contribution in [3.8, 4) is 0 Å². The highest BCUT2D eigenvalue weighted by molar-refractivity contribution is 9.10. The molecule has 1 aromatic rings. The molecule has 0 aromatic heterocycles. The quantitative estimate of drug-likeness (QED) is 0.558. The van der Waals surface area contributed by atoms with Crippen LogP contribution in [0.25, 0.3) is 0 Å². The van der Waals surface area contributed by atoms with Crippen molar-refractivity contribution in [2.75, 3.05) is 0 Å². The Kier molecular flexibility index (Phi) is 5.67. The SMILES string of the molecule is NC(CC1CCCCCC1)c1cc(Cl)c(Br)cc1F. The van der Waals surface area contributed by atoms with E-state index in [4.69, 9.17) is 17.3 Å². The number of benzene rings is 1. The summed E-state index contributed by atoms with van der Waals surface area (Å²) in [5.74, 6) is 0.358. The zero-order valence-electron chi connectivity index (χ0n) is 11.0. The average Bonchev–Trinajstić information content (AvgIpc) is 2.62. The van der Waals surface area contributed by atoms with Gasteiger partial charge in [-0.3, -0.25) is 0 Å². The zero-order chi connectivity index (χ0) is 13.8. The highest BCUT2D eigenvalue weighted by Crippen LogP contribution is 2.33. The van der Waals surface area contributed by atoms with Gasteiger partial charge in [0.2, 0.25) is 0 Å². The van der Waals surface area contributed by atoms with Crippen molar-refractivity contribution in [3.05, 3.63) is 33.0 Å². The van der Waals surface area contributed by atoms with E-state index in [9.17, 15) is 4.39 Å². The zero-order valence-corrected chi connectivity index (χ0v) is 13.3. The third kappa shape index (κ3) is 4.17. The van der Waals surface area contributed by atoms with Gasteiger partial charge < -0.3 is 5.73 Å². The Hall–Kier alpha value is -0.120. The highest BCUT2D eigenvalue weighted by atomic mass is 79.9. The minimum Gasteiger partial charge on any atom is -0.324 e. The maximum absolute atomic E-state index is 13.9. The molecule has 19 heavy (non-hydrogen) atoms. The van der Waals surface area contributed by atoms with Crippen LogP contribution in [-0.4, -0.2) is 0 Å². The largest absolute Gasteiger partial charge is 0.324 e. The number of hydrogen-bond donors (Lipinski definition) is 1. The fraction of sp³-hybridized carbons (Fsp3) is 0.600. The molecule has 0 amide bonds. The average molecular weight is 349 g/mol. The summed E-state index contributed by atoms with van der Waals surface area (Å²) in [5, 5.41) is 0.521. The molecular weight excluding hydrogens is 329 g/mol. The van der Waals surface area contributed by atoms with E-state index in [2.05, 4.69) is 15.9 Å². The normalized spacial score (nSPS) is 19.2. The van der Waals surface area contributed by atoms with E-state index in [0.29, 0.717) is 21.0 Å². The van der Waals surface area contributed by atoms with Gasteiger partial charge in [0, 0.05) is 16.1 Å². The summed E-state index contributed by atoms with van der Waals surface area (Å²) >= 11 is 9.26. The molecule has 1 saturated carbocycles. The van der Waals surface area contributed by atoms with Crippen molar-refractivity contribution >= 4 is 27.5 Å². The minimum absolute atomic E-state index is 0.256. The van der Waals surface area contributed by atoms with Crippen LogP contribution in [0.5, 0.6) is 0 Å². The van der Waals surface area contributed by atoms with Crippen molar-refractivity contribution in [2.24, 2.45) is 11.7 Å². The van der Waals surface area contributed by atoms with Crippen LogP contribution in [0.3, 0.4) is 0 Å². The topological polar surface area (TPSA) is 26.0 Å². The van der Waals surface area contributed by atoms with Crippen LogP contribution in [0.2, 0.25) is 5.02 Å². The van der Waals surface area contributed by atoms with E-state index in [0.717, 1.165) is 6.42 Å². The van der Waals surface area contributed by atoms with Gasteiger partial charge in [-0.2, -0.15) is 0 Å². The second-order valence-electron chi connectivity index (χ2n) is 5.49. The Morgan fingerprint density at radius 2 is 1.89 bits per heavy atom. The monoisotopic (exact) mass is 347 g/mol. The van der Waals surface area contributed by atoms with Crippen molar-refractivity contribution < 1.29 is 4.39 Å². The Bertz CT molecular complexity index is 430. The van der Waals surface area contributed by atoms with Gasteiger partial charge in [0.05, 0.1) is 5.02 Å². The number of rotatable bonds is 3. The molecule has 1 unspecified atom stereocenters. The molecule has 1 atom stereocenters. The van der Waals surface area contributed by atoms with Crippen molar-refractivity contribution in [1.29, 1.82) is 0 Å². The summed E-state index contributed by atoms with van der Waals surface area (Å²) in [7, 11) is 0. The lowest BCUT2D eigenvalue weighted by Crippen LogP contribution is -2.17. The highest BCUT2D eigenvalue weighted by Gasteiger charge is 2.20. The molecule has 0 radical (unpaired) electrons. The van der Waals surface area contributed by atoms with E-state index in [-0.39, 0.29) is 11.9 Å². The summed E-state index contributed by atoms with van der Waals surface area (Å²) in [5.41, 5.74) is 6.72. The molecule has 2 N–H and O–H groups in total. The lowest BCUT2D eigenvalue weighted by atomic mass is 9.90. The summed E-state index contributed by atoms with van der Waals surface area (Å²) in [6, 6.07) is 2.81. The molecule has 0 heterocycles. The fourth-order valence-corrected chi connectivity index (χ4v) is 3.40. The minimum atomic E-state index is -0.266. The summed E-state index contributed by atoms with van der Waals surface area (Å²) in [6.07, 6.45) is 8.50. The molecule has 1 aliphatic carbocycles. The van der Waals surface area contributed by atoms with Crippen LogP contribution in [0, 0.1) is 11.7 Å². The predicted molar refractivity (Wildman–Crippen MR) is 81.8 cm³/mol. The molecule has 0 saturated heterocycles. The first-order valence-electron chi connectivity index (χ1n) is 6.98. The maximum Gasteiger partial charge on any atom is 0.129 e. The van der Waals surface area contributed by atoms with E-state index < -0.39 is 0 Å². The maximum atomic E-state index is 13.9. The van der Waals surface area contributed by atoms with Gasteiger partial charge in [-0.1, -0.05) is 50.1 Å². The van der Waals surface area contributed by atoms with Crippen LogP contribution < -0.4 is 5.73 Å². The first-order chi connectivity index (χ1) is 9.08. The first-order valence-corrected chi connectivity index (χ1v) is 8.15. The van der Waals surface area contributed by atoms with Gasteiger partial charge in [0.25, 0.3) is 0 Å². The van der Waals surface area contributed by atoms with Crippen molar-refractivity contribution in [2.45, 2.75) is 51.0 Å². The molecule has 1 aliphatic rings. The predicted octanol–water partition coefficient (Wildman–Crippen LogP) is 5.60.